The molecule has 8 heteroatoms. The number of methoxy groups -OCH3 is 2. The second kappa shape index (κ2) is 10.6. The zero-order chi connectivity index (χ0) is 23.1. The van der Waals surface area contributed by atoms with Gasteiger partial charge in [-0.25, -0.2) is 4.39 Å². The van der Waals surface area contributed by atoms with E-state index in [1.165, 1.54) is 43.8 Å². The molecule has 2 amide bonds. The lowest BCUT2D eigenvalue weighted by molar-refractivity contribution is -0.118. The average Bonchev–Trinajstić information content (AvgIpc) is 3.31. The largest absolute Gasteiger partial charge is 0.493 e. The Bertz CT molecular complexity index is 1110. The van der Waals surface area contributed by atoms with E-state index in [2.05, 4.69) is 10.6 Å². The van der Waals surface area contributed by atoms with Crippen LogP contribution in [-0.2, 0) is 4.79 Å². The first kappa shape index (κ1) is 23.0. The number of nitrogens with one attached hydrogen (secondary N) is 2. The van der Waals surface area contributed by atoms with Crippen LogP contribution in [0, 0.1) is 5.82 Å². The number of benzene rings is 2. The third-order valence-corrected chi connectivity index (χ3v) is 5.51. The fourth-order valence-electron chi connectivity index (χ4n) is 2.96. The lowest BCUT2D eigenvalue weighted by Gasteiger charge is -2.17. The molecule has 1 aromatic heterocycles. The number of halogens is 1. The van der Waals surface area contributed by atoms with Crippen LogP contribution in [0.5, 0.6) is 11.5 Å². The molecule has 0 radical (unpaired) electrons. The van der Waals surface area contributed by atoms with Crippen molar-refractivity contribution < 1.29 is 23.5 Å². The van der Waals surface area contributed by atoms with Crippen LogP contribution in [0.15, 0.2) is 65.7 Å². The maximum absolute atomic E-state index is 13.2. The minimum Gasteiger partial charge on any atom is -0.493 e. The molecule has 166 valence electrons. The van der Waals surface area contributed by atoms with Crippen LogP contribution in [-0.4, -0.2) is 26.0 Å². The Kier molecular flexibility index (Phi) is 7.62. The van der Waals surface area contributed by atoms with Crippen molar-refractivity contribution in [3.63, 3.8) is 0 Å². The van der Waals surface area contributed by atoms with Gasteiger partial charge in [0.05, 0.1) is 20.3 Å². The summed E-state index contributed by atoms with van der Waals surface area (Å²) in [6.07, 6.45) is 1.61. The highest BCUT2D eigenvalue weighted by atomic mass is 32.1. The topological polar surface area (TPSA) is 76.7 Å². The first-order chi connectivity index (χ1) is 15.4. The van der Waals surface area contributed by atoms with Gasteiger partial charge in [0.2, 0.25) is 0 Å². The summed E-state index contributed by atoms with van der Waals surface area (Å²) in [6.45, 7) is 1.78. The zero-order valence-electron chi connectivity index (χ0n) is 17.8. The van der Waals surface area contributed by atoms with E-state index >= 15 is 0 Å². The molecule has 3 rings (SSSR count). The number of carbonyl (C=O) groups excluding carboxylic acids is 2. The smallest absolute Gasteiger partial charge is 0.268 e. The summed E-state index contributed by atoms with van der Waals surface area (Å²) in [5, 5.41) is 7.40. The molecule has 0 aliphatic rings. The second-order valence-corrected chi connectivity index (χ2v) is 7.82. The first-order valence-corrected chi connectivity index (χ1v) is 10.6. The number of thiophene rings is 1. The summed E-state index contributed by atoms with van der Waals surface area (Å²) in [5.74, 6) is -0.405. The van der Waals surface area contributed by atoms with Gasteiger partial charge in [0.25, 0.3) is 11.8 Å². The van der Waals surface area contributed by atoms with Gasteiger partial charge in [-0.3, -0.25) is 9.59 Å². The van der Waals surface area contributed by atoms with E-state index in [1.807, 2.05) is 17.5 Å². The van der Waals surface area contributed by atoms with E-state index < -0.39 is 17.9 Å². The van der Waals surface area contributed by atoms with Crippen LogP contribution in [0.2, 0.25) is 0 Å². The number of amides is 2. The normalized spacial score (nSPS) is 12.1. The van der Waals surface area contributed by atoms with Crippen LogP contribution in [0.4, 0.5) is 4.39 Å². The minimum absolute atomic E-state index is 0.0844. The Morgan fingerprint density at radius 3 is 2.38 bits per heavy atom. The lowest BCUT2D eigenvalue weighted by atomic mass is 10.1. The Morgan fingerprint density at radius 1 is 1.03 bits per heavy atom. The molecule has 0 saturated heterocycles. The van der Waals surface area contributed by atoms with Gasteiger partial charge in [0.1, 0.15) is 11.5 Å². The predicted molar refractivity (Wildman–Crippen MR) is 122 cm³/mol. The van der Waals surface area contributed by atoms with Gasteiger partial charge in [-0.1, -0.05) is 18.2 Å². The van der Waals surface area contributed by atoms with E-state index in [0.717, 1.165) is 10.4 Å². The van der Waals surface area contributed by atoms with Crippen molar-refractivity contribution in [1.29, 1.82) is 0 Å². The molecule has 2 N–H and O–H groups in total. The number of carbonyl (C=O) groups is 2. The van der Waals surface area contributed by atoms with Crippen molar-refractivity contribution in [1.82, 2.24) is 10.6 Å². The van der Waals surface area contributed by atoms with Crippen molar-refractivity contribution in [3.8, 4) is 11.5 Å². The molecule has 0 bridgehead atoms. The second-order valence-electron chi connectivity index (χ2n) is 6.84. The summed E-state index contributed by atoms with van der Waals surface area (Å²) >= 11 is 1.43. The molecule has 1 heterocycles. The Morgan fingerprint density at radius 2 is 1.75 bits per heavy atom. The van der Waals surface area contributed by atoms with Crippen molar-refractivity contribution in [2.45, 2.75) is 13.0 Å². The van der Waals surface area contributed by atoms with Gasteiger partial charge < -0.3 is 20.1 Å². The molecular formula is C24H23FN2O4S. The summed E-state index contributed by atoms with van der Waals surface area (Å²) in [7, 11) is 2.98. The van der Waals surface area contributed by atoms with Crippen LogP contribution in [0.3, 0.4) is 0 Å². The first-order valence-electron chi connectivity index (χ1n) is 9.76. The third-order valence-electron chi connectivity index (χ3n) is 4.69. The van der Waals surface area contributed by atoms with E-state index in [4.69, 9.17) is 9.47 Å². The van der Waals surface area contributed by atoms with E-state index in [9.17, 15) is 14.0 Å². The average molecular weight is 455 g/mol. The fraction of sp³-hybridized carbons (Fsp3) is 0.167. The minimum atomic E-state index is -0.474. The van der Waals surface area contributed by atoms with Crippen molar-refractivity contribution in [2.75, 3.05) is 14.2 Å². The number of hydrogen-bond donors (Lipinski definition) is 2. The van der Waals surface area contributed by atoms with Gasteiger partial charge in [0.15, 0.2) is 11.5 Å². The molecule has 3 aromatic rings. The predicted octanol–water partition coefficient (Wildman–Crippen LogP) is 4.55. The van der Waals surface area contributed by atoms with Gasteiger partial charge in [0, 0.05) is 10.4 Å². The van der Waals surface area contributed by atoms with Gasteiger partial charge in [-0.05, 0) is 60.3 Å². The van der Waals surface area contributed by atoms with Crippen molar-refractivity contribution >= 4 is 29.2 Å². The number of rotatable bonds is 8. The van der Waals surface area contributed by atoms with Crippen LogP contribution < -0.4 is 20.1 Å². The summed E-state index contributed by atoms with van der Waals surface area (Å²) in [4.78, 5) is 26.7. The highest BCUT2D eigenvalue weighted by Gasteiger charge is 2.19. The fourth-order valence-corrected chi connectivity index (χ4v) is 3.61. The van der Waals surface area contributed by atoms with E-state index in [-0.39, 0.29) is 11.5 Å². The molecule has 0 saturated carbocycles. The maximum Gasteiger partial charge on any atom is 0.268 e. The molecule has 0 fully saturated rings. The molecule has 2 aromatic carbocycles. The third kappa shape index (κ3) is 5.73. The zero-order valence-corrected chi connectivity index (χ0v) is 18.7. The maximum atomic E-state index is 13.2. The van der Waals surface area contributed by atoms with Crippen LogP contribution in [0.1, 0.15) is 33.8 Å². The molecule has 0 spiro atoms. The molecule has 6 nitrogen and oxygen atoms in total. The quantitative estimate of drug-likeness (QED) is 0.490. The molecule has 32 heavy (non-hydrogen) atoms. The highest BCUT2D eigenvalue weighted by Crippen LogP contribution is 2.27. The van der Waals surface area contributed by atoms with Gasteiger partial charge in [-0.15, -0.1) is 11.3 Å². The molecular weight excluding hydrogens is 431 g/mol. The monoisotopic (exact) mass is 454 g/mol. The van der Waals surface area contributed by atoms with Crippen LogP contribution in [0.25, 0.3) is 6.08 Å². The van der Waals surface area contributed by atoms with E-state index in [0.29, 0.717) is 17.1 Å². The van der Waals surface area contributed by atoms with E-state index in [1.54, 1.807) is 37.3 Å². The van der Waals surface area contributed by atoms with Crippen molar-refractivity contribution in [2.24, 2.45) is 0 Å². The number of hydrogen-bond acceptors (Lipinski definition) is 5. The standard InChI is InChI=1S/C24H23FN2O4S/c1-15(16-6-9-18(25)10-7-16)26-24(29)20(14-19-5-4-12-32-19)27-23(28)17-8-11-21(30-2)22(13-17)31-3/h4-15H,1-3H3,(H,26,29)(H,27,28)/b20-14-/t15-/m1/s1. The number of ether oxygens (including phenoxy) is 2. The Balaban J connectivity index is 1.82. The summed E-state index contributed by atoms with van der Waals surface area (Å²) in [5.41, 5.74) is 1.13. The molecule has 0 unspecified atom stereocenters. The van der Waals surface area contributed by atoms with Crippen LogP contribution >= 0.6 is 11.3 Å². The molecule has 1 atom stereocenters. The lowest BCUT2D eigenvalue weighted by Crippen LogP contribution is -2.36. The Hall–Kier alpha value is -3.65. The highest BCUT2D eigenvalue weighted by molar-refractivity contribution is 7.10. The molecule has 0 aliphatic heterocycles. The summed E-state index contributed by atoms with van der Waals surface area (Å²) in [6, 6.07) is 13.9. The molecule has 0 aliphatic carbocycles. The summed E-state index contributed by atoms with van der Waals surface area (Å²) < 4.78 is 23.6. The van der Waals surface area contributed by atoms with Crippen molar-refractivity contribution in [3.05, 3.63) is 87.5 Å². The SMILES string of the molecule is COc1ccc(C(=O)N/C(=C\c2cccs2)C(=O)N[C@H](C)c2ccc(F)cc2)cc1OC. The Labute approximate surface area is 189 Å². The van der Waals surface area contributed by atoms with Gasteiger partial charge in [-0.2, -0.15) is 0 Å². The van der Waals surface area contributed by atoms with Gasteiger partial charge >= 0.3 is 0 Å².